The summed E-state index contributed by atoms with van der Waals surface area (Å²) in [7, 11) is 1.54. The molecule has 0 bridgehead atoms. The van der Waals surface area contributed by atoms with Crippen molar-refractivity contribution < 1.29 is 19.1 Å². The number of ether oxygens (including phenoxy) is 1. The highest BCUT2D eigenvalue weighted by Crippen LogP contribution is 2.30. The number of rotatable bonds is 7. The van der Waals surface area contributed by atoms with Crippen molar-refractivity contribution in [1.82, 2.24) is 0 Å². The number of hydrogen-bond acceptors (Lipinski definition) is 4. The number of methoxy groups -OCH3 is 1. The summed E-state index contributed by atoms with van der Waals surface area (Å²) in [5.41, 5.74) is 2.73. The van der Waals surface area contributed by atoms with E-state index in [0.717, 1.165) is 12.8 Å². The largest absolute Gasteiger partial charge is 0.495 e. The van der Waals surface area contributed by atoms with Gasteiger partial charge in [-0.3, -0.25) is 14.4 Å². The maximum Gasteiger partial charge on any atom is 0.255 e. The Morgan fingerprint density at radius 1 is 0.719 bits per heavy atom. The molecule has 0 radical (unpaired) electrons. The highest BCUT2D eigenvalue weighted by Gasteiger charge is 2.29. The molecular weight excluding hydrogens is 406 g/mol. The van der Waals surface area contributed by atoms with Crippen LogP contribution in [0.1, 0.15) is 33.6 Å². The van der Waals surface area contributed by atoms with E-state index in [4.69, 9.17) is 4.74 Å². The van der Waals surface area contributed by atoms with E-state index in [9.17, 15) is 14.4 Å². The quantitative estimate of drug-likeness (QED) is 0.513. The first-order valence-corrected chi connectivity index (χ1v) is 10.3. The van der Waals surface area contributed by atoms with Gasteiger partial charge in [0.1, 0.15) is 5.75 Å². The fraction of sp³-hybridized carbons (Fsp3) is 0.160. The minimum atomic E-state index is -0.281. The zero-order valence-corrected chi connectivity index (χ0v) is 17.6. The molecule has 7 heteroatoms. The van der Waals surface area contributed by atoms with Crippen molar-refractivity contribution >= 4 is 34.8 Å². The summed E-state index contributed by atoms with van der Waals surface area (Å²) in [6.45, 7) is 0. The smallest absolute Gasteiger partial charge is 0.255 e. The van der Waals surface area contributed by atoms with E-state index < -0.39 is 0 Å². The third-order valence-corrected chi connectivity index (χ3v) is 5.12. The van der Waals surface area contributed by atoms with Crippen molar-refractivity contribution in [2.75, 3.05) is 23.1 Å². The Bertz CT molecular complexity index is 1140. The standard InChI is InChI=1S/C25H23N3O4/c1-32-22-5-3-2-4-21(22)28-25(31)18-10-14-20(15-11-18)27-24(30)17-8-12-19(13-9-17)26-23(29)16-6-7-16/h2-5,8-16H,6-7H2,1H3,(H,26,29)(H,27,30)(H,28,31). The molecule has 0 atom stereocenters. The molecule has 0 aliphatic heterocycles. The summed E-state index contributed by atoms with van der Waals surface area (Å²) >= 11 is 0. The van der Waals surface area contributed by atoms with Gasteiger partial charge in [-0.25, -0.2) is 0 Å². The number of anilines is 3. The van der Waals surface area contributed by atoms with Gasteiger partial charge in [-0.05, 0) is 73.5 Å². The van der Waals surface area contributed by atoms with Gasteiger partial charge in [-0.15, -0.1) is 0 Å². The Balaban J connectivity index is 1.35. The normalized spacial score (nSPS) is 12.5. The molecule has 0 unspecified atom stereocenters. The van der Waals surface area contributed by atoms with Crippen molar-refractivity contribution in [3.63, 3.8) is 0 Å². The molecule has 1 fully saturated rings. The minimum Gasteiger partial charge on any atom is -0.495 e. The molecule has 0 saturated heterocycles. The molecule has 0 spiro atoms. The summed E-state index contributed by atoms with van der Waals surface area (Å²) in [4.78, 5) is 36.8. The Morgan fingerprint density at radius 2 is 1.25 bits per heavy atom. The van der Waals surface area contributed by atoms with Crippen LogP contribution in [0, 0.1) is 5.92 Å². The molecule has 3 aromatic carbocycles. The van der Waals surface area contributed by atoms with Gasteiger partial charge in [0.15, 0.2) is 0 Å². The second kappa shape index (κ2) is 9.34. The first kappa shape index (κ1) is 21.1. The second-order valence-electron chi connectivity index (χ2n) is 7.53. The van der Waals surface area contributed by atoms with Crippen molar-refractivity contribution in [1.29, 1.82) is 0 Å². The topological polar surface area (TPSA) is 96.5 Å². The van der Waals surface area contributed by atoms with Crippen molar-refractivity contribution in [3.05, 3.63) is 83.9 Å². The van der Waals surface area contributed by atoms with Gasteiger partial charge < -0.3 is 20.7 Å². The molecule has 0 heterocycles. The Kier molecular flexibility index (Phi) is 6.17. The van der Waals surface area contributed by atoms with Crippen molar-refractivity contribution in [2.24, 2.45) is 5.92 Å². The van der Waals surface area contributed by atoms with Crippen LogP contribution < -0.4 is 20.7 Å². The molecule has 1 aliphatic carbocycles. The lowest BCUT2D eigenvalue weighted by molar-refractivity contribution is -0.117. The average molecular weight is 429 g/mol. The fourth-order valence-corrected chi connectivity index (χ4v) is 3.15. The molecule has 32 heavy (non-hydrogen) atoms. The van der Waals surface area contributed by atoms with Gasteiger partial charge in [0.25, 0.3) is 11.8 Å². The van der Waals surface area contributed by atoms with E-state index in [-0.39, 0.29) is 23.6 Å². The summed E-state index contributed by atoms with van der Waals surface area (Å²) in [6, 6.07) is 20.5. The number of amides is 3. The molecule has 1 saturated carbocycles. The fourth-order valence-electron chi connectivity index (χ4n) is 3.15. The van der Waals surface area contributed by atoms with Crippen LogP contribution in [-0.2, 0) is 4.79 Å². The molecule has 0 aromatic heterocycles. The van der Waals surface area contributed by atoms with E-state index in [1.807, 2.05) is 12.1 Å². The maximum absolute atomic E-state index is 12.5. The summed E-state index contributed by atoms with van der Waals surface area (Å²) in [6.07, 6.45) is 1.88. The van der Waals surface area contributed by atoms with Gasteiger partial charge in [0.2, 0.25) is 5.91 Å². The summed E-state index contributed by atoms with van der Waals surface area (Å²) in [5, 5.41) is 8.46. The highest BCUT2D eigenvalue weighted by atomic mass is 16.5. The zero-order chi connectivity index (χ0) is 22.5. The van der Waals surface area contributed by atoms with E-state index in [0.29, 0.717) is 33.9 Å². The average Bonchev–Trinajstić information content (AvgIpc) is 3.66. The molecule has 3 aromatic rings. The van der Waals surface area contributed by atoms with Crippen LogP contribution in [0.15, 0.2) is 72.8 Å². The maximum atomic E-state index is 12.5. The highest BCUT2D eigenvalue weighted by molar-refractivity contribution is 6.07. The van der Waals surface area contributed by atoms with Crippen LogP contribution in [0.25, 0.3) is 0 Å². The predicted molar refractivity (Wildman–Crippen MR) is 123 cm³/mol. The Morgan fingerprint density at radius 3 is 1.81 bits per heavy atom. The number of para-hydroxylation sites is 2. The summed E-state index contributed by atoms with van der Waals surface area (Å²) in [5.74, 6) is 0.158. The van der Waals surface area contributed by atoms with Gasteiger partial charge in [-0.2, -0.15) is 0 Å². The predicted octanol–water partition coefficient (Wildman–Crippen LogP) is 4.55. The van der Waals surface area contributed by atoms with Crippen molar-refractivity contribution in [3.8, 4) is 5.75 Å². The van der Waals surface area contributed by atoms with Gasteiger partial charge in [-0.1, -0.05) is 12.1 Å². The molecule has 3 amide bonds. The van der Waals surface area contributed by atoms with Gasteiger partial charge in [0, 0.05) is 28.4 Å². The number of nitrogens with one attached hydrogen (secondary N) is 3. The lowest BCUT2D eigenvalue weighted by Crippen LogP contribution is -2.15. The van der Waals surface area contributed by atoms with Crippen LogP contribution in [0.5, 0.6) is 5.75 Å². The monoisotopic (exact) mass is 429 g/mol. The lowest BCUT2D eigenvalue weighted by Gasteiger charge is -2.10. The van der Waals surface area contributed by atoms with Crippen LogP contribution in [0.2, 0.25) is 0 Å². The lowest BCUT2D eigenvalue weighted by atomic mass is 10.1. The van der Waals surface area contributed by atoms with E-state index in [1.165, 1.54) is 0 Å². The Hall–Kier alpha value is -4.13. The number of carbonyl (C=O) groups excluding carboxylic acids is 3. The first-order chi connectivity index (χ1) is 15.5. The zero-order valence-electron chi connectivity index (χ0n) is 17.6. The van der Waals surface area contributed by atoms with E-state index in [1.54, 1.807) is 67.8 Å². The first-order valence-electron chi connectivity index (χ1n) is 10.3. The van der Waals surface area contributed by atoms with E-state index in [2.05, 4.69) is 16.0 Å². The van der Waals surface area contributed by atoms with Crippen LogP contribution in [-0.4, -0.2) is 24.8 Å². The molecule has 7 nitrogen and oxygen atoms in total. The van der Waals surface area contributed by atoms with E-state index >= 15 is 0 Å². The van der Waals surface area contributed by atoms with Crippen LogP contribution in [0.4, 0.5) is 17.1 Å². The van der Waals surface area contributed by atoms with Crippen LogP contribution >= 0.6 is 0 Å². The number of benzene rings is 3. The Labute approximate surface area is 185 Å². The molecule has 162 valence electrons. The second-order valence-corrected chi connectivity index (χ2v) is 7.53. The third kappa shape index (κ3) is 5.13. The van der Waals surface area contributed by atoms with Crippen molar-refractivity contribution in [2.45, 2.75) is 12.8 Å². The van der Waals surface area contributed by atoms with Gasteiger partial charge >= 0.3 is 0 Å². The molecule has 1 aliphatic rings. The van der Waals surface area contributed by atoms with Gasteiger partial charge in [0.05, 0.1) is 12.8 Å². The minimum absolute atomic E-state index is 0.0250. The van der Waals surface area contributed by atoms with Crippen LogP contribution in [0.3, 0.4) is 0 Å². The SMILES string of the molecule is COc1ccccc1NC(=O)c1ccc(NC(=O)c2ccc(NC(=O)C3CC3)cc2)cc1. The molecule has 4 rings (SSSR count). The summed E-state index contributed by atoms with van der Waals surface area (Å²) < 4.78 is 5.24. The molecule has 3 N–H and O–H groups in total. The number of carbonyl (C=O) groups is 3. The molecular formula is C25H23N3O4. The number of hydrogen-bond donors (Lipinski definition) is 3. The third-order valence-electron chi connectivity index (χ3n) is 5.12.